The topological polar surface area (TPSA) is 39.7 Å². The molecule has 0 fully saturated rings. The molecule has 4 heteroatoms. The number of hydrogen-bond donors (Lipinski definition) is 2. The molecule has 0 aromatic heterocycles. The fourth-order valence-electron chi connectivity index (χ4n) is 1.35. The largest absolute Gasteiger partial charge is 0.356 e. The molecule has 0 aromatic rings. The molecular formula is C12H28N4. The lowest BCUT2D eigenvalue weighted by Crippen LogP contribution is -2.42. The predicted octanol–water partition coefficient (Wildman–Crippen LogP) is 1.29. The number of aliphatic imine (C=N–C) groups is 1. The first-order valence-electron chi connectivity index (χ1n) is 6.30. The van der Waals surface area contributed by atoms with Crippen molar-refractivity contribution in [2.45, 2.75) is 39.7 Å². The predicted molar refractivity (Wildman–Crippen MR) is 72.0 cm³/mol. The first kappa shape index (κ1) is 15.2. The molecule has 2 N–H and O–H groups in total. The monoisotopic (exact) mass is 228 g/mol. The van der Waals surface area contributed by atoms with Crippen LogP contribution in [0.5, 0.6) is 0 Å². The molecule has 96 valence electrons. The molecule has 0 amide bonds. The number of likely N-dealkylation sites (N-methyl/N-ethyl adjacent to an activating group) is 1. The van der Waals surface area contributed by atoms with E-state index in [9.17, 15) is 0 Å². The molecule has 1 unspecified atom stereocenters. The average Bonchev–Trinajstić information content (AvgIpc) is 2.32. The summed E-state index contributed by atoms with van der Waals surface area (Å²) in [6.07, 6.45) is 2.31. The SMILES string of the molecule is CCCNC(=NC)NCCN(C)C(C)CC. The Hall–Kier alpha value is -0.770. The quantitative estimate of drug-likeness (QED) is 0.509. The summed E-state index contributed by atoms with van der Waals surface area (Å²) in [5.74, 6) is 0.902. The number of hydrogen-bond acceptors (Lipinski definition) is 2. The molecule has 0 aromatic carbocycles. The van der Waals surface area contributed by atoms with Gasteiger partial charge < -0.3 is 15.5 Å². The highest BCUT2D eigenvalue weighted by Gasteiger charge is 2.05. The van der Waals surface area contributed by atoms with E-state index in [2.05, 4.69) is 48.3 Å². The Bertz CT molecular complexity index is 191. The zero-order valence-electron chi connectivity index (χ0n) is 11.5. The van der Waals surface area contributed by atoms with Crippen molar-refractivity contribution in [2.75, 3.05) is 33.7 Å². The lowest BCUT2D eigenvalue weighted by molar-refractivity contribution is 0.255. The standard InChI is InChI=1S/C12H28N4/c1-6-8-14-12(13-4)15-9-10-16(5)11(3)7-2/h11H,6-10H2,1-5H3,(H2,13,14,15). The summed E-state index contributed by atoms with van der Waals surface area (Å²) >= 11 is 0. The van der Waals surface area contributed by atoms with E-state index >= 15 is 0 Å². The molecule has 0 rings (SSSR count). The summed E-state index contributed by atoms with van der Waals surface area (Å²) in [6.45, 7) is 9.57. The van der Waals surface area contributed by atoms with E-state index in [0.29, 0.717) is 6.04 Å². The summed E-state index contributed by atoms with van der Waals surface area (Å²) in [5.41, 5.74) is 0. The van der Waals surface area contributed by atoms with Crippen LogP contribution >= 0.6 is 0 Å². The van der Waals surface area contributed by atoms with Crippen LogP contribution in [0.15, 0.2) is 4.99 Å². The minimum Gasteiger partial charge on any atom is -0.356 e. The molecule has 0 heterocycles. The first-order chi connectivity index (χ1) is 7.65. The minimum atomic E-state index is 0.646. The zero-order chi connectivity index (χ0) is 12.4. The van der Waals surface area contributed by atoms with Crippen LogP contribution in [0.25, 0.3) is 0 Å². The fraction of sp³-hybridized carbons (Fsp3) is 0.917. The second-order valence-electron chi connectivity index (χ2n) is 4.16. The van der Waals surface area contributed by atoms with E-state index < -0.39 is 0 Å². The molecule has 0 saturated carbocycles. The Morgan fingerprint density at radius 2 is 1.88 bits per heavy atom. The van der Waals surface area contributed by atoms with Crippen molar-refractivity contribution in [3.8, 4) is 0 Å². The molecule has 0 bridgehead atoms. The molecular weight excluding hydrogens is 200 g/mol. The first-order valence-corrected chi connectivity index (χ1v) is 6.30. The normalized spacial score (nSPS) is 14.0. The van der Waals surface area contributed by atoms with Crippen molar-refractivity contribution in [1.29, 1.82) is 0 Å². The molecule has 0 radical (unpaired) electrons. The van der Waals surface area contributed by atoms with Crippen molar-refractivity contribution in [3.63, 3.8) is 0 Å². The van der Waals surface area contributed by atoms with Gasteiger partial charge in [-0.05, 0) is 26.8 Å². The Labute approximate surface area is 101 Å². The van der Waals surface area contributed by atoms with Crippen LogP contribution in [-0.4, -0.2) is 50.6 Å². The highest BCUT2D eigenvalue weighted by molar-refractivity contribution is 5.79. The zero-order valence-corrected chi connectivity index (χ0v) is 11.5. The van der Waals surface area contributed by atoms with Crippen LogP contribution in [0.1, 0.15) is 33.6 Å². The summed E-state index contributed by atoms with van der Waals surface area (Å²) in [5, 5.41) is 6.57. The third-order valence-electron chi connectivity index (χ3n) is 2.87. The molecule has 4 nitrogen and oxygen atoms in total. The van der Waals surface area contributed by atoms with Crippen molar-refractivity contribution >= 4 is 5.96 Å². The molecule has 0 aliphatic carbocycles. The lowest BCUT2D eigenvalue weighted by Gasteiger charge is -2.23. The third kappa shape index (κ3) is 6.67. The van der Waals surface area contributed by atoms with Gasteiger partial charge >= 0.3 is 0 Å². The Kier molecular flexibility index (Phi) is 9.00. The van der Waals surface area contributed by atoms with Crippen LogP contribution < -0.4 is 10.6 Å². The number of guanidine groups is 1. The Morgan fingerprint density at radius 1 is 1.25 bits per heavy atom. The van der Waals surface area contributed by atoms with Crippen molar-refractivity contribution in [3.05, 3.63) is 0 Å². The van der Waals surface area contributed by atoms with E-state index in [1.54, 1.807) is 0 Å². The lowest BCUT2D eigenvalue weighted by atomic mass is 10.2. The van der Waals surface area contributed by atoms with Crippen molar-refractivity contribution < 1.29 is 0 Å². The van der Waals surface area contributed by atoms with Crippen LogP contribution in [0, 0.1) is 0 Å². The van der Waals surface area contributed by atoms with Gasteiger partial charge in [0.25, 0.3) is 0 Å². The summed E-state index contributed by atoms with van der Waals surface area (Å²) in [4.78, 5) is 6.52. The second-order valence-corrected chi connectivity index (χ2v) is 4.16. The minimum absolute atomic E-state index is 0.646. The smallest absolute Gasteiger partial charge is 0.191 e. The van der Waals surface area contributed by atoms with E-state index in [1.165, 1.54) is 6.42 Å². The van der Waals surface area contributed by atoms with Crippen molar-refractivity contribution in [2.24, 2.45) is 4.99 Å². The Balaban J connectivity index is 3.70. The van der Waals surface area contributed by atoms with Gasteiger partial charge in [-0.25, -0.2) is 0 Å². The number of nitrogens with one attached hydrogen (secondary N) is 2. The number of nitrogens with zero attached hydrogens (tertiary/aromatic N) is 2. The Morgan fingerprint density at radius 3 is 2.38 bits per heavy atom. The highest BCUT2D eigenvalue weighted by atomic mass is 15.2. The molecule has 0 spiro atoms. The number of rotatable bonds is 7. The van der Waals surface area contributed by atoms with Crippen LogP contribution in [-0.2, 0) is 0 Å². The van der Waals surface area contributed by atoms with Gasteiger partial charge in [0, 0.05) is 32.7 Å². The van der Waals surface area contributed by atoms with Gasteiger partial charge in [-0.1, -0.05) is 13.8 Å². The van der Waals surface area contributed by atoms with Crippen molar-refractivity contribution in [1.82, 2.24) is 15.5 Å². The third-order valence-corrected chi connectivity index (χ3v) is 2.87. The van der Waals surface area contributed by atoms with E-state index in [-0.39, 0.29) is 0 Å². The van der Waals surface area contributed by atoms with Gasteiger partial charge in [0.15, 0.2) is 5.96 Å². The van der Waals surface area contributed by atoms with Crippen LogP contribution in [0.3, 0.4) is 0 Å². The molecule has 16 heavy (non-hydrogen) atoms. The summed E-state index contributed by atoms with van der Waals surface area (Å²) < 4.78 is 0. The van der Waals surface area contributed by atoms with Gasteiger partial charge in [-0.15, -0.1) is 0 Å². The van der Waals surface area contributed by atoms with Crippen LogP contribution in [0.4, 0.5) is 0 Å². The molecule has 0 saturated heterocycles. The van der Waals surface area contributed by atoms with E-state index in [1.807, 2.05) is 7.05 Å². The van der Waals surface area contributed by atoms with Gasteiger partial charge in [0.1, 0.15) is 0 Å². The van der Waals surface area contributed by atoms with E-state index in [4.69, 9.17) is 0 Å². The molecule has 0 aliphatic heterocycles. The van der Waals surface area contributed by atoms with Gasteiger partial charge in [-0.3, -0.25) is 4.99 Å². The molecule has 1 atom stereocenters. The van der Waals surface area contributed by atoms with Gasteiger partial charge in [0.05, 0.1) is 0 Å². The second kappa shape index (κ2) is 9.46. The molecule has 0 aliphatic rings. The summed E-state index contributed by atoms with van der Waals surface area (Å²) in [7, 11) is 3.97. The highest BCUT2D eigenvalue weighted by Crippen LogP contribution is 1.97. The maximum Gasteiger partial charge on any atom is 0.191 e. The maximum atomic E-state index is 4.16. The van der Waals surface area contributed by atoms with E-state index in [0.717, 1.165) is 32.0 Å². The van der Waals surface area contributed by atoms with Gasteiger partial charge in [-0.2, -0.15) is 0 Å². The van der Waals surface area contributed by atoms with Gasteiger partial charge in [0.2, 0.25) is 0 Å². The summed E-state index contributed by atoms with van der Waals surface area (Å²) in [6, 6.07) is 0.646. The average molecular weight is 228 g/mol. The van der Waals surface area contributed by atoms with Crippen LogP contribution in [0.2, 0.25) is 0 Å². The maximum absolute atomic E-state index is 4.16. The fourth-order valence-corrected chi connectivity index (χ4v) is 1.35.